The van der Waals surface area contributed by atoms with Crippen LogP contribution in [0.15, 0.2) is 140 Å². The van der Waals surface area contributed by atoms with Crippen LogP contribution in [0.2, 0.25) is 0 Å². The zero-order chi connectivity index (χ0) is 28.5. The highest BCUT2D eigenvalue weighted by Gasteiger charge is 2.31. The van der Waals surface area contributed by atoms with E-state index in [1.807, 2.05) is 127 Å². The lowest BCUT2D eigenvalue weighted by molar-refractivity contribution is -0.620. The van der Waals surface area contributed by atoms with Gasteiger partial charge in [0.1, 0.15) is 14.3 Å². The van der Waals surface area contributed by atoms with Crippen molar-refractivity contribution in [2.45, 2.75) is 37.0 Å². The third-order valence-corrected chi connectivity index (χ3v) is 12.8. The van der Waals surface area contributed by atoms with Gasteiger partial charge in [-0.3, -0.25) is 0 Å². The minimum Gasteiger partial charge on any atom is -0.618 e. The maximum atomic E-state index is 14.5. The molecular formula is C35H35NO3P2. The Morgan fingerprint density at radius 1 is 0.390 bits per heavy atom. The van der Waals surface area contributed by atoms with Gasteiger partial charge >= 0.3 is 0 Å². The lowest BCUT2D eigenvalue weighted by Crippen LogP contribution is -2.36. The van der Waals surface area contributed by atoms with Crippen molar-refractivity contribution in [1.82, 2.24) is 0 Å². The van der Waals surface area contributed by atoms with E-state index in [0.717, 1.165) is 27.0 Å². The van der Waals surface area contributed by atoms with E-state index >= 15 is 0 Å². The van der Waals surface area contributed by atoms with Crippen molar-refractivity contribution >= 4 is 14.3 Å². The van der Waals surface area contributed by atoms with Crippen LogP contribution in [0.4, 0.5) is 0 Å². The molecule has 0 fully saturated rings. The zero-order valence-corrected chi connectivity index (χ0v) is 24.9. The second-order valence-corrected chi connectivity index (χ2v) is 16.9. The summed E-state index contributed by atoms with van der Waals surface area (Å²) in [5, 5.41) is 13.8. The van der Waals surface area contributed by atoms with E-state index in [1.165, 1.54) is 0 Å². The van der Waals surface area contributed by atoms with Crippen LogP contribution in [0.5, 0.6) is 0 Å². The Morgan fingerprint density at radius 3 is 0.927 bits per heavy atom. The highest BCUT2D eigenvalue weighted by atomic mass is 31.2. The van der Waals surface area contributed by atoms with Crippen LogP contribution < -0.4 is 4.73 Å². The van der Waals surface area contributed by atoms with Gasteiger partial charge in [0.05, 0.1) is 12.3 Å². The average Bonchev–Trinajstić information content (AvgIpc) is 2.97. The van der Waals surface area contributed by atoms with Crippen molar-refractivity contribution in [3.8, 4) is 0 Å². The first-order valence-corrected chi connectivity index (χ1v) is 18.4. The molecule has 0 radical (unpaired) electrons. The normalized spacial score (nSPS) is 11.8. The number of hydrogen-bond acceptors (Lipinski definition) is 3. The second kappa shape index (κ2) is 13.3. The molecule has 0 unspecified atom stereocenters. The van der Waals surface area contributed by atoms with Gasteiger partial charge in [-0.2, -0.15) is 4.73 Å². The Balaban J connectivity index is 1.45. The van der Waals surface area contributed by atoms with Crippen molar-refractivity contribution in [2.75, 3.05) is 0 Å². The topological polar surface area (TPSA) is 61.1 Å². The van der Waals surface area contributed by atoms with Gasteiger partial charge in [0.15, 0.2) is 11.4 Å². The number of pyridine rings is 1. The monoisotopic (exact) mass is 579 g/mol. The van der Waals surface area contributed by atoms with Gasteiger partial charge in [-0.1, -0.05) is 121 Å². The zero-order valence-electron chi connectivity index (χ0n) is 23.1. The molecule has 0 saturated heterocycles. The Morgan fingerprint density at radius 2 is 0.659 bits per heavy atom. The molecule has 5 rings (SSSR count). The highest BCUT2D eigenvalue weighted by molar-refractivity contribution is 7.61. The van der Waals surface area contributed by atoms with E-state index in [-0.39, 0.29) is 12.3 Å². The Labute approximate surface area is 243 Å². The van der Waals surface area contributed by atoms with Gasteiger partial charge < -0.3 is 14.3 Å². The molecule has 1 heterocycles. The number of hydrogen-bond donors (Lipinski definition) is 0. The Bertz CT molecular complexity index is 1430. The molecule has 0 atom stereocenters. The van der Waals surface area contributed by atoms with E-state index < -0.39 is 14.3 Å². The van der Waals surface area contributed by atoms with E-state index in [2.05, 4.69) is 0 Å². The summed E-state index contributed by atoms with van der Waals surface area (Å²) in [5.74, 6) is 0. The molecule has 6 heteroatoms. The number of aromatic nitrogens is 1. The van der Waals surface area contributed by atoms with Crippen LogP contribution in [-0.4, -0.2) is 0 Å². The maximum absolute atomic E-state index is 14.5. The molecule has 0 spiro atoms. The fraction of sp³-hybridized carbons (Fsp3) is 0.171. The summed E-state index contributed by atoms with van der Waals surface area (Å²) in [6.45, 7) is 0. The summed E-state index contributed by atoms with van der Waals surface area (Å²) < 4.78 is 30.0. The molecule has 0 aliphatic heterocycles. The van der Waals surface area contributed by atoms with Crippen molar-refractivity contribution in [3.63, 3.8) is 0 Å². The number of benzene rings is 4. The standard InChI is InChI=1S/C35H35NO3P2/c37-36-34(28-40(38,24-30-14-5-1-6-15-30)25-31-16-7-2-8-17-31)22-13-23-35(36)29-41(39,26-32-18-9-3-10-19-32)27-33-20-11-4-12-21-33/h1-23H,24-29H2. The predicted octanol–water partition coefficient (Wildman–Crippen LogP) is 8.85. The van der Waals surface area contributed by atoms with Gasteiger partial charge in [-0.25, -0.2) is 0 Å². The van der Waals surface area contributed by atoms with Gasteiger partial charge in [0, 0.05) is 36.8 Å². The molecule has 5 aromatic rings. The molecule has 0 N–H and O–H groups in total. The molecule has 1 aromatic heterocycles. The average molecular weight is 580 g/mol. The summed E-state index contributed by atoms with van der Waals surface area (Å²) in [7, 11) is -5.76. The van der Waals surface area contributed by atoms with Crippen LogP contribution >= 0.6 is 14.3 Å². The van der Waals surface area contributed by atoms with Gasteiger partial charge in [-0.15, -0.1) is 0 Å². The maximum Gasteiger partial charge on any atom is 0.200 e. The predicted molar refractivity (Wildman–Crippen MR) is 169 cm³/mol. The van der Waals surface area contributed by atoms with Crippen molar-refractivity contribution in [2.24, 2.45) is 0 Å². The molecule has 208 valence electrons. The smallest absolute Gasteiger partial charge is 0.200 e. The summed E-state index contributed by atoms with van der Waals surface area (Å²) in [6.07, 6.45) is 1.99. The van der Waals surface area contributed by atoms with Gasteiger partial charge in [0.25, 0.3) is 0 Å². The van der Waals surface area contributed by atoms with Crippen LogP contribution in [0, 0.1) is 5.21 Å². The highest BCUT2D eigenvalue weighted by Crippen LogP contribution is 2.56. The summed E-state index contributed by atoms with van der Waals surface area (Å²) in [6, 6.07) is 44.7. The first-order chi connectivity index (χ1) is 19.9. The molecule has 0 aliphatic carbocycles. The molecule has 0 amide bonds. The summed E-state index contributed by atoms with van der Waals surface area (Å²) in [5.41, 5.74) is 4.91. The lowest BCUT2D eigenvalue weighted by Gasteiger charge is -2.21. The van der Waals surface area contributed by atoms with E-state index in [0.29, 0.717) is 36.0 Å². The van der Waals surface area contributed by atoms with Gasteiger partial charge in [0.2, 0.25) is 0 Å². The Kier molecular flexibility index (Phi) is 9.35. The van der Waals surface area contributed by atoms with Crippen molar-refractivity contribution < 1.29 is 13.9 Å². The minimum absolute atomic E-state index is 0.176. The third kappa shape index (κ3) is 8.17. The third-order valence-electron chi connectivity index (χ3n) is 7.25. The lowest BCUT2D eigenvalue weighted by atomic mass is 10.2. The number of rotatable bonds is 12. The molecule has 0 saturated carbocycles. The van der Waals surface area contributed by atoms with Crippen LogP contribution in [0.25, 0.3) is 0 Å². The van der Waals surface area contributed by atoms with Crippen molar-refractivity contribution in [3.05, 3.63) is 178 Å². The molecule has 41 heavy (non-hydrogen) atoms. The summed E-state index contributed by atoms with van der Waals surface area (Å²) >= 11 is 0. The van der Waals surface area contributed by atoms with Crippen LogP contribution in [0.1, 0.15) is 33.6 Å². The fourth-order valence-electron chi connectivity index (χ4n) is 5.41. The number of nitrogens with zero attached hydrogens (tertiary/aromatic N) is 1. The fourth-order valence-corrected chi connectivity index (χ4v) is 11.2. The van der Waals surface area contributed by atoms with E-state index in [1.54, 1.807) is 12.1 Å². The Hall–Kier alpha value is -3.71. The van der Waals surface area contributed by atoms with Crippen molar-refractivity contribution in [1.29, 1.82) is 0 Å². The van der Waals surface area contributed by atoms with E-state index in [9.17, 15) is 14.3 Å². The second-order valence-electron chi connectivity index (χ2n) is 10.8. The first kappa shape index (κ1) is 28.8. The van der Waals surface area contributed by atoms with Crippen LogP contribution in [0.3, 0.4) is 0 Å². The SMILES string of the molecule is O=P(Cc1ccccc1)(Cc1ccccc1)Cc1cccc(CP(=O)(Cc2ccccc2)Cc2ccccc2)[n+]1[O-]. The quantitative estimate of drug-likeness (QED) is 0.0843. The first-order valence-electron chi connectivity index (χ1n) is 13.9. The molecule has 0 bridgehead atoms. The van der Waals surface area contributed by atoms with E-state index in [4.69, 9.17) is 0 Å². The molecule has 4 nitrogen and oxygen atoms in total. The molecular weight excluding hydrogens is 544 g/mol. The minimum atomic E-state index is -2.88. The molecule has 4 aromatic carbocycles. The molecule has 0 aliphatic rings. The summed E-state index contributed by atoms with van der Waals surface area (Å²) in [4.78, 5) is 0. The van der Waals surface area contributed by atoms with Crippen LogP contribution in [-0.2, 0) is 46.1 Å². The van der Waals surface area contributed by atoms with Gasteiger partial charge in [-0.05, 0) is 28.3 Å². The largest absolute Gasteiger partial charge is 0.618 e.